The molecule has 24 heavy (non-hydrogen) atoms. The highest BCUT2D eigenvalue weighted by molar-refractivity contribution is 5.96. The quantitative estimate of drug-likeness (QED) is 0.656. The minimum absolute atomic E-state index is 0.290. The van der Waals surface area contributed by atoms with E-state index >= 15 is 0 Å². The van der Waals surface area contributed by atoms with Crippen LogP contribution < -0.4 is 0 Å². The second-order valence-corrected chi connectivity index (χ2v) is 6.03. The van der Waals surface area contributed by atoms with Crippen molar-refractivity contribution in [2.24, 2.45) is 5.92 Å². The molecule has 0 N–H and O–H groups in total. The van der Waals surface area contributed by atoms with Gasteiger partial charge in [-0.3, -0.25) is 0 Å². The average Bonchev–Trinajstić information content (AvgIpc) is 3.06. The van der Waals surface area contributed by atoms with Crippen molar-refractivity contribution in [1.29, 1.82) is 0 Å². The molecule has 3 aromatic rings. The van der Waals surface area contributed by atoms with E-state index in [0.717, 1.165) is 11.3 Å². The fourth-order valence-corrected chi connectivity index (χ4v) is 2.37. The number of ether oxygens (including phenoxy) is 1. The normalized spacial score (nSPS) is 10.8. The van der Waals surface area contributed by atoms with E-state index in [1.165, 1.54) is 0 Å². The Labute approximate surface area is 141 Å². The molecular formula is C20H20N2O2. The first kappa shape index (κ1) is 16.0. The molecule has 0 saturated carbocycles. The zero-order chi connectivity index (χ0) is 16.9. The second-order valence-electron chi connectivity index (χ2n) is 6.03. The highest BCUT2D eigenvalue weighted by Gasteiger charge is 2.20. The highest BCUT2D eigenvalue weighted by atomic mass is 16.5. The van der Waals surface area contributed by atoms with Crippen LogP contribution in [0.25, 0.3) is 16.9 Å². The third-order valence-corrected chi connectivity index (χ3v) is 3.55. The van der Waals surface area contributed by atoms with Crippen molar-refractivity contribution in [3.05, 3.63) is 72.4 Å². The van der Waals surface area contributed by atoms with Gasteiger partial charge in [-0.15, -0.1) is 0 Å². The summed E-state index contributed by atoms with van der Waals surface area (Å²) in [5.41, 5.74) is 2.90. The fraction of sp³-hybridized carbons (Fsp3) is 0.200. The number of para-hydroxylation sites is 1. The van der Waals surface area contributed by atoms with Gasteiger partial charge in [0.15, 0.2) is 0 Å². The van der Waals surface area contributed by atoms with Crippen LogP contribution in [0.5, 0.6) is 0 Å². The molecule has 0 radical (unpaired) electrons. The number of rotatable bonds is 5. The van der Waals surface area contributed by atoms with Crippen LogP contribution in [0, 0.1) is 5.92 Å². The number of esters is 1. The molecule has 0 saturated heterocycles. The lowest BCUT2D eigenvalue weighted by Crippen LogP contribution is -2.10. The summed E-state index contributed by atoms with van der Waals surface area (Å²) in [5.74, 6) is -0.0528. The van der Waals surface area contributed by atoms with Gasteiger partial charge in [-0.05, 0) is 18.1 Å². The molecule has 4 heteroatoms. The highest BCUT2D eigenvalue weighted by Crippen LogP contribution is 2.24. The molecule has 0 amide bonds. The number of carbonyl (C=O) groups excluding carboxylic acids is 1. The van der Waals surface area contributed by atoms with Crippen LogP contribution in [0.15, 0.2) is 66.9 Å². The number of benzene rings is 2. The lowest BCUT2D eigenvalue weighted by Gasteiger charge is -2.06. The summed E-state index contributed by atoms with van der Waals surface area (Å²) >= 11 is 0. The zero-order valence-electron chi connectivity index (χ0n) is 13.8. The SMILES string of the molecule is CC(C)COC(=O)c1cn(-c2ccccc2)nc1-c1ccccc1. The number of hydrogen-bond acceptors (Lipinski definition) is 3. The average molecular weight is 320 g/mol. The molecular weight excluding hydrogens is 300 g/mol. The van der Waals surface area contributed by atoms with E-state index in [4.69, 9.17) is 4.74 Å². The Kier molecular flexibility index (Phi) is 4.75. The van der Waals surface area contributed by atoms with Crippen molar-refractivity contribution in [3.63, 3.8) is 0 Å². The lowest BCUT2D eigenvalue weighted by atomic mass is 10.1. The van der Waals surface area contributed by atoms with Gasteiger partial charge in [-0.2, -0.15) is 5.10 Å². The van der Waals surface area contributed by atoms with Crippen molar-refractivity contribution in [2.45, 2.75) is 13.8 Å². The zero-order valence-corrected chi connectivity index (χ0v) is 13.8. The second kappa shape index (κ2) is 7.13. The first-order valence-corrected chi connectivity index (χ1v) is 8.03. The number of nitrogens with zero attached hydrogens (tertiary/aromatic N) is 2. The molecule has 0 unspecified atom stereocenters. The maximum absolute atomic E-state index is 12.5. The van der Waals surface area contributed by atoms with Crippen LogP contribution in [0.1, 0.15) is 24.2 Å². The van der Waals surface area contributed by atoms with Crippen molar-refractivity contribution >= 4 is 5.97 Å². The Bertz CT molecular complexity index is 808. The van der Waals surface area contributed by atoms with Crippen molar-refractivity contribution in [3.8, 4) is 16.9 Å². The summed E-state index contributed by atoms with van der Waals surface area (Å²) in [6, 6.07) is 19.4. The van der Waals surface area contributed by atoms with Gasteiger partial charge in [0, 0.05) is 11.8 Å². The van der Waals surface area contributed by atoms with Crippen LogP contribution in [-0.2, 0) is 4.74 Å². The first-order chi connectivity index (χ1) is 11.6. The molecule has 0 atom stereocenters. The van der Waals surface area contributed by atoms with Gasteiger partial charge in [0.25, 0.3) is 0 Å². The van der Waals surface area contributed by atoms with Gasteiger partial charge in [-0.25, -0.2) is 9.48 Å². The van der Waals surface area contributed by atoms with Gasteiger partial charge in [0.2, 0.25) is 0 Å². The van der Waals surface area contributed by atoms with E-state index in [2.05, 4.69) is 5.10 Å². The summed E-state index contributed by atoms with van der Waals surface area (Å²) in [7, 11) is 0. The Balaban J connectivity index is 2.02. The smallest absolute Gasteiger partial charge is 0.342 e. The molecule has 0 aliphatic carbocycles. The van der Waals surface area contributed by atoms with Crippen LogP contribution in [0.2, 0.25) is 0 Å². The number of aromatic nitrogens is 2. The van der Waals surface area contributed by atoms with Crippen LogP contribution in [0.3, 0.4) is 0 Å². The maximum atomic E-state index is 12.5. The molecule has 1 aromatic heterocycles. The largest absolute Gasteiger partial charge is 0.462 e. The van der Waals surface area contributed by atoms with E-state index in [1.54, 1.807) is 10.9 Å². The molecule has 3 rings (SSSR count). The summed E-state index contributed by atoms with van der Waals surface area (Å²) in [5, 5.41) is 4.61. The van der Waals surface area contributed by atoms with E-state index < -0.39 is 0 Å². The minimum atomic E-state index is -0.343. The van der Waals surface area contributed by atoms with E-state index in [-0.39, 0.29) is 5.97 Å². The van der Waals surface area contributed by atoms with Gasteiger partial charge >= 0.3 is 5.97 Å². The monoisotopic (exact) mass is 320 g/mol. The van der Waals surface area contributed by atoms with E-state index in [0.29, 0.717) is 23.8 Å². The summed E-state index contributed by atoms with van der Waals surface area (Å²) in [6.07, 6.45) is 1.74. The summed E-state index contributed by atoms with van der Waals surface area (Å²) < 4.78 is 7.13. The molecule has 0 bridgehead atoms. The third-order valence-electron chi connectivity index (χ3n) is 3.55. The van der Waals surface area contributed by atoms with Gasteiger partial charge in [0.1, 0.15) is 11.3 Å². The lowest BCUT2D eigenvalue weighted by molar-refractivity contribution is 0.0460. The predicted molar refractivity (Wildman–Crippen MR) is 94.1 cm³/mol. The number of hydrogen-bond donors (Lipinski definition) is 0. The molecule has 2 aromatic carbocycles. The summed E-state index contributed by atoms with van der Waals surface area (Å²) in [6.45, 7) is 4.42. The van der Waals surface area contributed by atoms with Crippen molar-refractivity contribution < 1.29 is 9.53 Å². The molecule has 122 valence electrons. The van der Waals surface area contributed by atoms with Gasteiger partial charge < -0.3 is 4.74 Å². The Morgan fingerprint density at radius 3 is 2.29 bits per heavy atom. The van der Waals surface area contributed by atoms with Gasteiger partial charge in [0.05, 0.1) is 12.3 Å². The van der Waals surface area contributed by atoms with Crippen molar-refractivity contribution in [2.75, 3.05) is 6.61 Å². The van der Waals surface area contributed by atoms with Crippen LogP contribution in [0.4, 0.5) is 0 Å². The standard InChI is InChI=1S/C20H20N2O2/c1-15(2)14-24-20(23)18-13-22(17-11-7-4-8-12-17)21-19(18)16-9-5-3-6-10-16/h3-13,15H,14H2,1-2H3. The first-order valence-electron chi connectivity index (χ1n) is 8.03. The van der Waals surface area contributed by atoms with E-state index in [9.17, 15) is 4.79 Å². The van der Waals surface area contributed by atoms with Crippen LogP contribution >= 0.6 is 0 Å². The topological polar surface area (TPSA) is 44.1 Å². The van der Waals surface area contributed by atoms with Crippen molar-refractivity contribution in [1.82, 2.24) is 9.78 Å². The molecule has 0 spiro atoms. The molecule has 1 heterocycles. The summed E-state index contributed by atoms with van der Waals surface area (Å²) in [4.78, 5) is 12.5. The maximum Gasteiger partial charge on any atom is 0.342 e. The third kappa shape index (κ3) is 3.54. The molecule has 0 aliphatic heterocycles. The molecule has 4 nitrogen and oxygen atoms in total. The fourth-order valence-electron chi connectivity index (χ4n) is 2.37. The predicted octanol–water partition coefficient (Wildman–Crippen LogP) is 4.35. The minimum Gasteiger partial charge on any atom is -0.462 e. The molecule has 0 aliphatic rings. The Morgan fingerprint density at radius 2 is 1.67 bits per heavy atom. The van der Waals surface area contributed by atoms with E-state index in [1.807, 2.05) is 74.5 Å². The Hall–Kier alpha value is -2.88. The Morgan fingerprint density at radius 1 is 1.04 bits per heavy atom. The molecule has 0 fully saturated rings. The van der Waals surface area contributed by atoms with Crippen LogP contribution in [-0.4, -0.2) is 22.4 Å². The van der Waals surface area contributed by atoms with Gasteiger partial charge in [-0.1, -0.05) is 62.4 Å². The number of carbonyl (C=O) groups is 1.